The molecule has 0 amide bonds. The van der Waals surface area contributed by atoms with Crippen LogP contribution in [-0.4, -0.2) is 46.1 Å². The fourth-order valence-corrected chi connectivity index (χ4v) is 2.68. The first-order chi connectivity index (χ1) is 10.3. The highest BCUT2D eigenvalue weighted by Crippen LogP contribution is 2.19. The Hall–Kier alpha value is -2.54. The Labute approximate surface area is 120 Å². The summed E-state index contributed by atoms with van der Waals surface area (Å²) in [4.78, 5) is 17.8. The molecule has 0 spiro atoms. The largest absolute Gasteiger partial charge is 0.378 e. The topological polar surface area (TPSA) is 78.9 Å². The Bertz CT molecular complexity index is 812. The van der Waals surface area contributed by atoms with Crippen molar-refractivity contribution in [2.45, 2.75) is 0 Å². The second-order valence-electron chi connectivity index (χ2n) is 5.01. The molecule has 0 bridgehead atoms. The molecule has 0 unspecified atom stereocenters. The molecular weight excluding hydrogens is 270 g/mol. The van der Waals surface area contributed by atoms with Crippen LogP contribution in [0.5, 0.6) is 0 Å². The van der Waals surface area contributed by atoms with E-state index in [0.29, 0.717) is 18.6 Å². The monoisotopic (exact) mass is 285 g/mol. The van der Waals surface area contributed by atoms with Crippen LogP contribution in [0.2, 0.25) is 0 Å². The minimum atomic E-state index is 0.0171. The maximum atomic E-state index is 12.3. The van der Waals surface area contributed by atoms with E-state index < -0.39 is 0 Å². The molecule has 7 heteroatoms. The van der Waals surface area contributed by atoms with Crippen LogP contribution < -0.4 is 10.3 Å². The van der Waals surface area contributed by atoms with Crippen molar-refractivity contribution in [3.05, 3.63) is 40.8 Å². The number of hydrogen-bond donors (Lipinski definition) is 2. The van der Waals surface area contributed by atoms with Gasteiger partial charge in [0.15, 0.2) is 5.43 Å². The number of rotatable bonds is 2. The van der Waals surface area contributed by atoms with Crippen molar-refractivity contribution < 1.29 is 4.74 Å². The van der Waals surface area contributed by atoms with Crippen molar-refractivity contribution >= 4 is 16.9 Å². The van der Waals surface area contributed by atoms with E-state index in [0.717, 1.165) is 30.4 Å². The van der Waals surface area contributed by atoms with Gasteiger partial charge in [0.2, 0.25) is 0 Å². The zero-order chi connectivity index (χ0) is 14.2. The molecule has 4 heterocycles. The van der Waals surface area contributed by atoms with E-state index in [-0.39, 0.29) is 5.43 Å². The molecule has 0 aromatic carbocycles. The van der Waals surface area contributed by atoms with Crippen molar-refractivity contribution in [3.63, 3.8) is 0 Å². The minimum Gasteiger partial charge on any atom is -0.378 e. The molecule has 21 heavy (non-hydrogen) atoms. The van der Waals surface area contributed by atoms with Gasteiger partial charge in [-0.05, 0) is 6.07 Å². The Morgan fingerprint density at radius 3 is 2.81 bits per heavy atom. The number of ether oxygens (including phenoxy) is 1. The summed E-state index contributed by atoms with van der Waals surface area (Å²) in [6.07, 6.45) is 3.55. The van der Waals surface area contributed by atoms with Crippen LogP contribution in [0.15, 0.2) is 35.4 Å². The van der Waals surface area contributed by atoms with E-state index in [1.54, 1.807) is 12.3 Å². The number of morpholine rings is 1. The lowest BCUT2D eigenvalue weighted by atomic mass is 10.3. The molecule has 108 valence electrons. The molecule has 7 nitrogen and oxygen atoms in total. The van der Waals surface area contributed by atoms with Gasteiger partial charge in [-0.15, -0.1) is 0 Å². The zero-order valence-corrected chi connectivity index (χ0v) is 11.4. The van der Waals surface area contributed by atoms with Gasteiger partial charge in [0.1, 0.15) is 17.3 Å². The summed E-state index contributed by atoms with van der Waals surface area (Å²) in [5.74, 6) is 1.65. The Balaban J connectivity index is 1.87. The summed E-state index contributed by atoms with van der Waals surface area (Å²) in [5.41, 5.74) is 0.789. The van der Waals surface area contributed by atoms with Crippen LogP contribution in [-0.2, 0) is 4.74 Å². The molecule has 0 radical (unpaired) electrons. The lowest BCUT2D eigenvalue weighted by molar-refractivity contribution is 0.122. The highest BCUT2D eigenvalue weighted by atomic mass is 16.5. The Morgan fingerprint density at radius 1 is 1.19 bits per heavy atom. The summed E-state index contributed by atoms with van der Waals surface area (Å²) in [6, 6.07) is 5.34. The number of pyridine rings is 1. The van der Waals surface area contributed by atoms with Gasteiger partial charge < -0.3 is 14.6 Å². The van der Waals surface area contributed by atoms with Gasteiger partial charge in [-0.25, -0.2) is 0 Å². The van der Waals surface area contributed by atoms with Crippen molar-refractivity contribution in [1.29, 1.82) is 0 Å². The molecule has 0 atom stereocenters. The number of nitrogens with one attached hydrogen (secondary N) is 2. The number of hydrogen-bond acceptors (Lipinski definition) is 4. The minimum absolute atomic E-state index is 0.0171. The van der Waals surface area contributed by atoms with Crippen molar-refractivity contribution in [1.82, 2.24) is 19.7 Å². The Morgan fingerprint density at radius 2 is 2.05 bits per heavy atom. The molecule has 4 rings (SSSR count). The van der Waals surface area contributed by atoms with E-state index in [4.69, 9.17) is 4.74 Å². The first-order valence-electron chi connectivity index (χ1n) is 6.90. The van der Waals surface area contributed by atoms with Crippen molar-refractivity contribution in [3.8, 4) is 5.82 Å². The molecule has 1 fully saturated rings. The molecule has 1 aliphatic rings. The zero-order valence-electron chi connectivity index (χ0n) is 11.4. The normalized spacial score (nSPS) is 15.7. The summed E-state index contributed by atoms with van der Waals surface area (Å²) in [5, 5.41) is 7.53. The second kappa shape index (κ2) is 4.78. The van der Waals surface area contributed by atoms with Crippen LogP contribution in [0.25, 0.3) is 16.9 Å². The number of anilines is 1. The summed E-state index contributed by atoms with van der Waals surface area (Å²) < 4.78 is 7.25. The standard InChI is InChI=1S/C14H15N5O2/c20-11-9-13(18-5-7-21-8-6-18)16-14-10(11)2-4-19(14)12-1-3-15-17-12/h1-4,9H,5-8H2,(H,15,17)(H,16,20). The number of fused-ring (bicyclic) bond motifs is 1. The fraction of sp³-hybridized carbons (Fsp3) is 0.286. The molecular formula is C14H15N5O2. The fourth-order valence-electron chi connectivity index (χ4n) is 2.68. The summed E-state index contributed by atoms with van der Waals surface area (Å²) in [6.45, 7) is 2.93. The van der Waals surface area contributed by atoms with Crippen LogP contribution in [0.4, 0.5) is 5.82 Å². The smallest absolute Gasteiger partial charge is 0.193 e. The van der Waals surface area contributed by atoms with Gasteiger partial charge in [-0.1, -0.05) is 0 Å². The number of nitrogens with zero attached hydrogens (tertiary/aromatic N) is 3. The highest BCUT2D eigenvalue weighted by molar-refractivity contribution is 5.79. The molecule has 3 aromatic heterocycles. The maximum absolute atomic E-state index is 12.3. The third-order valence-corrected chi connectivity index (χ3v) is 3.76. The average molecular weight is 285 g/mol. The van der Waals surface area contributed by atoms with E-state index >= 15 is 0 Å². The SMILES string of the molecule is O=c1cc(N2CCOCC2)[nH]c2c1ccn2-c1ccn[nH]1. The molecule has 0 aliphatic carbocycles. The van der Waals surface area contributed by atoms with Gasteiger partial charge in [0.25, 0.3) is 0 Å². The van der Waals surface area contributed by atoms with Gasteiger partial charge in [0.05, 0.1) is 24.8 Å². The first kappa shape index (κ1) is 12.2. The number of aromatic nitrogens is 4. The van der Waals surface area contributed by atoms with Gasteiger partial charge in [-0.2, -0.15) is 5.10 Å². The lowest BCUT2D eigenvalue weighted by Crippen LogP contribution is -2.37. The van der Waals surface area contributed by atoms with E-state index in [1.807, 2.05) is 22.9 Å². The predicted octanol–water partition coefficient (Wildman–Crippen LogP) is 0.878. The quantitative estimate of drug-likeness (QED) is 0.732. The molecule has 2 N–H and O–H groups in total. The predicted molar refractivity (Wildman–Crippen MR) is 79.1 cm³/mol. The van der Waals surface area contributed by atoms with E-state index in [9.17, 15) is 4.79 Å². The van der Waals surface area contributed by atoms with Gasteiger partial charge in [0, 0.05) is 31.4 Å². The van der Waals surface area contributed by atoms with Crippen molar-refractivity contribution in [2.75, 3.05) is 31.2 Å². The lowest BCUT2D eigenvalue weighted by Gasteiger charge is -2.28. The molecule has 3 aromatic rings. The first-order valence-corrected chi connectivity index (χ1v) is 6.90. The van der Waals surface area contributed by atoms with Crippen molar-refractivity contribution in [2.24, 2.45) is 0 Å². The molecule has 0 saturated carbocycles. The Kier molecular flexibility index (Phi) is 2.78. The van der Waals surface area contributed by atoms with E-state index in [2.05, 4.69) is 20.1 Å². The third kappa shape index (κ3) is 2.02. The second-order valence-corrected chi connectivity index (χ2v) is 5.01. The van der Waals surface area contributed by atoms with Crippen LogP contribution >= 0.6 is 0 Å². The van der Waals surface area contributed by atoms with E-state index in [1.165, 1.54) is 0 Å². The summed E-state index contributed by atoms with van der Waals surface area (Å²) in [7, 11) is 0. The van der Waals surface area contributed by atoms with Crippen LogP contribution in [0, 0.1) is 0 Å². The average Bonchev–Trinajstić information content (AvgIpc) is 3.16. The van der Waals surface area contributed by atoms with Gasteiger partial charge in [-0.3, -0.25) is 14.5 Å². The summed E-state index contributed by atoms with van der Waals surface area (Å²) >= 11 is 0. The van der Waals surface area contributed by atoms with Crippen LogP contribution in [0.3, 0.4) is 0 Å². The van der Waals surface area contributed by atoms with Gasteiger partial charge >= 0.3 is 0 Å². The van der Waals surface area contributed by atoms with Crippen LogP contribution in [0.1, 0.15) is 0 Å². The highest BCUT2D eigenvalue weighted by Gasteiger charge is 2.15. The molecule has 1 aliphatic heterocycles. The molecule has 1 saturated heterocycles. The maximum Gasteiger partial charge on any atom is 0.193 e. The number of aromatic amines is 2. The number of H-pyrrole nitrogens is 2. The third-order valence-electron chi connectivity index (χ3n) is 3.76.